The second-order valence-corrected chi connectivity index (χ2v) is 6.67. The van der Waals surface area contributed by atoms with Crippen molar-refractivity contribution < 1.29 is 5.11 Å². The van der Waals surface area contributed by atoms with E-state index in [0.717, 1.165) is 13.1 Å². The van der Waals surface area contributed by atoms with E-state index in [4.69, 9.17) is 5.73 Å². The number of likely N-dealkylation sites (N-methyl/N-ethyl adjacent to an activating group) is 1. The van der Waals surface area contributed by atoms with Crippen LogP contribution in [0.15, 0.2) is 0 Å². The maximum Gasteiger partial charge on any atom is 0.0602 e. The summed E-state index contributed by atoms with van der Waals surface area (Å²) >= 11 is 0. The molecule has 0 aromatic carbocycles. The van der Waals surface area contributed by atoms with E-state index >= 15 is 0 Å². The molecule has 0 aliphatic carbocycles. The van der Waals surface area contributed by atoms with Crippen molar-refractivity contribution in [3.05, 3.63) is 0 Å². The summed E-state index contributed by atoms with van der Waals surface area (Å²) in [5.41, 5.74) is 6.30. The van der Waals surface area contributed by atoms with Crippen molar-refractivity contribution in [1.82, 2.24) is 9.80 Å². The number of rotatable bonds is 6. The van der Waals surface area contributed by atoms with Gasteiger partial charge in [-0.05, 0) is 38.4 Å². The fourth-order valence-corrected chi connectivity index (χ4v) is 2.58. The lowest BCUT2D eigenvalue weighted by atomic mass is 9.82. The van der Waals surface area contributed by atoms with Gasteiger partial charge in [-0.25, -0.2) is 0 Å². The first-order chi connectivity index (χ1) is 8.36. The third kappa shape index (κ3) is 4.50. The Morgan fingerprint density at radius 3 is 2.28 bits per heavy atom. The smallest absolute Gasteiger partial charge is 0.0602 e. The minimum Gasteiger partial charge on any atom is -0.395 e. The highest BCUT2D eigenvalue weighted by Crippen LogP contribution is 2.22. The summed E-state index contributed by atoms with van der Waals surface area (Å²) in [6, 6.07) is 0.0404. The number of aliphatic hydroxyl groups excluding tert-OH is 1. The van der Waals surface area contributed by atoms with Gasteiger partial charge in [0.25, 0.3) is 0 Å². The van der Waals surface area contributed by atoms with Crippen LogP contribution >= 0.6 is 0 Å². The van der Waals surface area contributed by atoms with Crippen LogP contribution in [0.25, 0.3) is 0 Å². The molecule has 108 valence electrons. The van der Waals surface area contributed by atoms with Gasteiger partial charge >= 0.3 is 0 Å². The van der Waals surface area contributed by atoms with Gasteiger partial charge in [0.2, 0.25) is 0 Å². The van der Waals surface area contributed by atoms with Crippen molar-refractivity contribution in [2.75, 3.05) is 39.8 Å². The first-order valence-corrected chi connectivity index (χ1v) is 7.15. The van der Waals surface area contributed by atoms with Crippen LogP contribution in [0.1, 0.15) is 33.6 Å². The van der Waals surface area contributed by atoms with Gasteiger partial charge in [-0.15, -0.1) is 0 Å². The molecule has 0 spiro atoms. The first-order valence-electron chi connectivity index (χ1n) is 7.15. The number of aliphatic hydroxyl groups is 1. The van der Waals surface area contributed by atoms with Gasteiger partial charge in [0.05, 0.1) is 6.61 Å². The van der Waals surface area contributed by atoms with Crippen molar-refractivity contribution in [3.63, 3.8) is 0 Å². The average molecular weight is 257 g/mol. The molecule has 3 N–H and O–H groups in total. The number of hydrogen-bond acceptors (Lipinski definition) is 4. The van der Waals surface area contributed by atoms with Gasteiger partial charge in [0.1, 0.15) is 0 Å². The van der Waals surface area contributed by atoms with Crippen LogP contribution in [0.3, 0.4) is 0 Å². The molecule has 1 saturated heterocycles. The molecule has 0 aromatic heterocycles. The van der Waals surface area contributed by atoms with Crippen LogP contribution in [0.5, 0.6) is 0 Å². The number of likely N-dealkylation sites (tertiary alicyclic amines) is 1. The monoisotopic (exact) mass is 257 g/mol. The molecule has 1 fully saturated rings. The Bertz CT molecular complexity index is 234. The van der Waals surface area contributed by atoms with E-state index in [1.165, 1.54) is 25.9 Å². The lowest BCUT2D eigenvalue weighted by molar-refractivity contribution is 0.0827. The van der Waals surface area contributed by atoms with E-state index in [2.05, 4.69) is 37.6 Å². The maximum atomic E-state index is 9.59. The summed E-state index contributed by atoms with van der Waals surface area (Å²) in [5.74, 6) is 0. The molecule has 2 unspecified atom stereocenters. The Balaban J connectivity index is 2.43. The zero-order valence-electron chi connectivity index (χ0n) is 12.5. The molecule has 2 atom stereocenters. The number of nitrogens with two attached hydrogens (primary N) is 1. The summed E-state index contributed by atoms with van der Waals surface area (Å²) in [6.07, 6.45) is 2.66. The minimum absolute atomic E-state index is 0.00826. The fourth-order valence-electron chi connectivity index (χ4n) is 2.58. The van der Waals surface area contributed by atoms with Crippen LogP contribution in [-0.4, -0.2) is 66.8 Å². The summed E-state index contributed by atoms with van der Waals surface area (Å²) in [5, 5.41) is 9.59. The zero-order valence-corrected chi connectivity index (χ0v) is 12.5. The van der Waals surface area contributed by atoms with Gasteiger partial charge in [-0.3, -0.25) is 4.90 Å². The standard InChI is InChI=1S/C14H31N3O/c1-14(2,3)13(15)12(11-18)16(4)9-10-17-7-5-6-8-17/h12-13,18H,5-11,15H2,1-4H3. The second kappa shape index (κ2) is 6.85. The summed E-state index contributed by atoms with van der Waals surface area (Å²) in [6.45, 7) is 11.1. The van der Waals surface area contributed by atoms with Crippen molar-refractivity contribution in [2.24, 2.45) is 11.1 Å². The SMILES string of the molecule is CN(CCN1CCCC1)C(CO)C(N)C(C)(C)C. The molecular weight excluding hydrogens is 226 g/mol. The molecule has 0 radical (unpaired) electrons. The van der Waals surface area contributed by atoms with Gasteiger partial charge in [0.15, 0.2) is 0 Å². The highest BCUT2D eigenvalue weighted by Gasteiger charge is 2.31. The van der Waals surface area contributed by atoms with Gasteiger partial charge < -0.3 is 15.7 Å². The molecule has 4 heteroatoms. The van der Waals surface area contributed by atoms with E-state index in [1.807, 2.05) is 0 Å². The van der Waals surface area contributed by atoms with Crippen LogP contribution in [0.2, 0.25) is 0 Å². The lowest BCUT2D eigenvalue weighted by Crippen LogP contribution is -2.55. The molecule has 1 aliphatic heterocycles. The predicted octanol–water partition coefficient (Wildman–Crippen LogP) is 0.748. The van der Waals surface area contributed by atoms with Crippen LogP contribution in [-0.2, 0) is 0 Å². The highest BCUT2D eigenvalue weighted by molar-refractivity contribution is 4.89. The summed E-state index contributed by atoms with van der Waals surface area (Å²) in [7, 11) is 2.07. The maximum absolute atomic E-state index is 9.59. The molecule has 1 rings (SSSR count). The Labute approximate surface area is 112 Å². The molecule has 1 heterocycles. The third-order valence-electron chi connectivity index (χ3n) is 4.14. The van der Waals surface area contributed by atoms with E-state index < -0.39 is 0 Å². The molecule has 0 aromatic rings. The van der Waals surface area contributed by atoms with E-state index in [0.29, 0.717) is 0 Å². The van der Waals surface area contributed by atoms with E-state index in [9.17, 15) is 5.11 Å². The van der Waals surface area contributed by atoms with Gasteiger partial charge in [0, 0.05) is 25.2 Å². The highest BCUT2D eigenvalue weighted by atomic mass is 16.3. The molecule has 0 amide bonds. The normalized spacial score (nSPS) is 21.5. The lowest BCUT2D eigenvalue weighted by Gasteiger charge is -2.38. The van der Waals surface area contributed by atoms with E-state index in [-0.39, 0.29) is 24.1 Å². The third-order valence-corrected chi connectivity index (χ3v) is 4.14. The Morgan fingerprint density at radius 2 is 1.83 bits per heavy atom. The Kier molecular flexibility index (Phi) is 6.05. The molecule has 1 aliphatic rings. The quantitative estimate of drug-likeness (QED) is 0.737. The van der Waals surface area contributed by atoms with Gasteiger partial charge in [-0.2, -0.15) is 0 Å². The second-order valence-electron chi connectivity index (χ2n) is 6.67. The summed E-state index contributed by atoms with van der Waals surface area (Å²) in [4.78, 5) is 4.71. The van der Waals surface area contributed by atoms with E-state index in [1.54, 1.807) is 0 Å². The Morgan fingerprint density at radius 1 is 1.28 bits per heavy atom. The number of nitrogens with zero attached hydrogens (tertiary/aromatic N) is 2. The topological polar surface area (TPSA) is 52.7 Å². The largest absolute Gasteiger partial charge is 0.395 e. The van der Waals surface area contributed by atoms with Crippen LogP contribution < -0.4 is 5.73 Å². The predicted molar refractivity (Wildman–Crippen MR) is 76.6 cm³/mol. The average Bonchev–Trinajstić information content (AvgIpc) is 2.78. The van der Waals surface area contributed by atoms with Gasteiger partial charge in [-0.1, -0.05) is 20.8 Å². The van der Waals surface area contributed by atoms with Crippen molar-refractivity contribution in [1.29, 1.82) is 0 Å². The summed E-state index contributed by atoms with van der Waals surface area (Å²) < 4.78 is 0. The number of hydrogen-bond donors (Lipinski definition) is 2. The Hall–Kier alpha value is -0.160. The molecular formula is C14H31N3O. The minimum atomic E-state index is -0.00826. The molecule has 0 bridgehead atoms. The zero-order chi connectivity index (χ0) is 13.8. The fraction of sp³-hybridized carbons (Fsp3) is 1.00. The van der Waals surface area contributed by atoms with Crippen molar-refractivity contribution >= 4 is 0 Å². The molecule has 18 heavy (non-hydrogen) atoms. The molecule has 4 nitrogen and oxygen atoms in total. The van der Waals surface area contributed by atoms with Crippen molar-refractivity contribution in [2.45, 2.75) is 45.7 Å². The van der Waals surface area contributed by atoms with Crippen molar-refractivity contribution in [3.8, 4) is 0 Å². The molecule has 0 saturated carbocycles. The van der Waals surface area contributed by atoms with Crippen LogP contribution in [0.4, 0.5) is 0 Å². The first kappa shape index (κ1) is 15.9. The van der Waals surface area contributed by atoms with Crippen LogP contribution in [0, 0.1) is 5.41 Å².